The second-order valence-electron chi connectivity index (χ2n) is 6.01. The van der Waals surface area contributed by atoms with Crippen molar-refractivity contribution in [2.45, 2.75) is 70.0 Å². The number of hydrogen-bond donors (Lipinski definition) is 3. The van der Waals surface area contributed by atoms with Crippen molar-refractivity contribution in [1.82, 2.24) is 10.6 Å². The van der Waals surface area contributed by atoms with Crippen molar-refractivity contribution in [1.29, 1.82) is 0 Å². The summed E-state index contributed by atoms with van der Waals surface area (Å²) in [5.41, 5.74) is 0. The van der Waals surface area contributed by atoms with Crippen molar-refractivity contribution in [2.75, 3.05) is 6.61 Å². The van der Waals surface area contributed by atoms with Gasteiger partial charge in [0.1, 0.15) is 0 Å². The van der Waals surface area contributed by atoms with Crippen LogP contribution in [0.3, 0.4) is 0 Å². The zero-order valence-electron chi connectivity index (χ0n) is 11.3. The second-order valence-corrected chi connectivity index (χ2v) is 6.01. The minimum atomic E-state index is 0.183. The van der Waals surface area contributed by atoms with Crippen molar-refractivity contribution >= 4 is 5.91 Å². The van der Waals surface area contributed by atoms with Gasteiger partial charge in [-0.15, -0.1) is 0 Å². The SMILES string of the molecule is CC(CCCO)NC(=O)CC1CC2CCC(C1)N2. The number of aliphatic hydroxyl groups is 1. The molecule has 3 unspecified atom stereocenters. The van der Waals surface area contributed by atoms with Crippen LogP contribution in [0.5, 0.6) is 0 Å². The van der Waals surface area contributed by atoms with Gasteiger partial charge in [-0.3, -0.25) is 4.79 Å². The van der Waals surface area contributed by atoms with E-state index in [0.29, 0.717) is 24.4 Å². The first kappa shape index (κ1) is 13.8. The van der Waals surface area contributed by atoms with E-state index in [2.05, 4.69) is 10.6 Å². The van der Waals surface area contributed by atoms with Gasteiger partial charge < -0.3 is 15.7 Å². The smallest absolute Gasteiger partial charge is 0.220 e. The van der Waals surface area contributed by atoms with Crippen LogP contribution in [0, 0.1) is 5.92 Å². The molecule has 0 aromatic heterocycles. The van der Waals surface area contributed by atoms with E-state index in [4.69, 9.17) is 5.11 Å². The molecule has 4 nitrogen and oxygen atoms in total. The lowest BCUT2D eigenvalue weighted by Crippen LogP contribution is -2.40. The molecular weight excluding hydrogens is 228 g/mol. The van der Waals surface area contributed by atoms with Crippen LogP contribution in [0.2, 0.25) is 0 Å². The maximum absolute atomic E-state index is 11.9. The molecule has 2 rings (SSSR count). The molecule has 0 aromatic rings. The fourth-order valence-electron chi connectivity index (χ4n) is 3.41. The van der Waals surface area contributed by atoms with E-state index in [-0.39, 0.29) is 18.6 Å². The standard InChI is InChI=1S/C14H26N2O2/c1-10(3-2-6-17)15-14(18)9-11-7-12-4-5-13(8-11)16-12/h10-13,16-17H,2-9H2,1H3,(H,15,18). The van der Waals surface area contributed by atoms with Gasteiger partial charge in [0.05, 0.1) is 0 Å². The first-order valence-electron chi connectivity index (χ1n) is 7.33. The Morgan fingerprint density at radius 2 is 2.06 bits per heavy atom. The summed E-state index contributed by atoms with van der Waals surface area (Å²) in [5, 5.41) is 15.4. The fraction of sp³-hybridized carbons (Fsp3) is 0.929. The summed E-state index contributed by atoms with van der Waals surface area (Å²) in [7, 11) is 0. The van der Waals surface area contributed by atoms with E-state index in [0.717, 1.165) is 25.7 Å². The number of piperidine rings is 1. The molecule has 0 saturated carbocycles. The van der Waals surface area contributed by atoms with Crippen LogP contribution in [-0.2, 0) is 4.79 Å². The van der Waals surface area contributed by atoms with Crippen LogP contribution in [0.4, 0.5) is 0 Å². The maximum Gasteiger partial charge on any atom is 0.220 e. The second kappa shape index (κ2) is 6.53. The maximum atomic E-state index is 11.9. The molecule has 18 heavy (non-hydrogen) atoms. The molecule has 3 N–H and O–H groups in total. The number of hydrogen-bond acceptors (Lipinski definition) is 3. The summed E-state index contributed by atoms with van der Waals surface area (Å²) in [5.74, 6) is 0.750. The zero-order valence-corrected chi connectivity index (χ0v) is 11.3. The molecule has 2 heterocycles. The largest absolute Gasteiger partial charge is 0.396 e. The van der Waals surface area contributed by atoms with Crippen LogP contribution in [0.25, 0.3) is 0 Å². The molecule has 104 valence electrons. The van der Waals surface area contributed by atoms with Crippen molar-refractivity contribution in [3.8, 4) is 0 Å². The number of rotatable bonds is 6. The highest BCUT2D eigenvalue weighted by Gasteiger charge is 2.34. The minimum absolute atomic E-state index is 0.183. The van der Waals surface area contributed by atoms with Gasteiger partial charge in [-0.25, -0.2) is 0 Å². The summed E-state index contributed by atoms with van der Waals surface area (Å²) in [4.78, 5) is 11.9. The van der Waals surface area contributed by atoms with Crippen molar-refractivity contribution in [2.24, 2.45) is 5.92 Å². The first-order valence-corrected chi connectivity index (χ1v) is 7.33. The minimum Gasteiger partial charge on any atom is -0.396 e. The molecule has 0 aliphatic carbocycles. The topological polar surface area (TPSA) is 61.4 Å². The summed E-state index contributed by atoms with van der Waals surface area (Å²) in [6.07, 6.45) is 7.20. The Hall–Kier alpha value is -0.610. The van der Waals surface area contributed by atoms with Gasteiger partial charge in [-0.05, 0) is 51.4 Å². The van der Waals surface area contributed by atoms with Crippen LogP contribution < -0.4 is 10.6 Å². The first-order chi connectivity index (χ1) is 8.67. The molecule has 4 heteroatoms. The molecule has 0 spiro atoms. The third-order valence-corrected chi connectivity index (χ3v) is 4.25. The molecule has 2 saturated heterocycles. The molecule has 2 fully saturated rings. The average Bonchev–Trinajstić information content (AvgIpc) is 2.66. The van der Waals surface area contributed by atoms with E-state index in [1.54, 1.807) is 0 Å². The number of fused-ring (bicyclic) bond motifs is 2. The third-order valence-electron chi connectivity index (χ3n) is 4.25. The fourth-order valence-corrected chi connectivity index (χ4v) is 3.41. The number of amides is 1. The Morgan fingerprint density at radius 1 is 1.39 bits per heavy atom. The highest BCUT2D eigenvalue weighted by Crippen LogP contribution is 2.32. The number of carbonyl (C=O) groups excluding carboxylic acids is 1. The Morgan fingerprint density at radius 3 is 2.67 bits per heavy atom. The lowest BCUT2D eigenvalue weighted by atomic mass is 9.89. The lowest BCUT2D eigenvalue weighted by Gasteiger charge is -2.29. The van der Waals surface area contributed by atoms with Gasteiger partial charge in [0.15, 0.2) is 0 Å². The molecule has 0 radical (unpaired) electrons. The van der Waals surface area contributed by atoms with Crippen LogP contribution in [0.1, 0.15) is 51.9 Å². The van der Waals surface area contributed by atoms with Crippen molar-refractivity contribution < 1.29 is 9.90 Å². The normalized spacial score (nSPS) is 32.2. The Kier molecular flexibility index (Phi) is 5.01. The monoisotopic (exact) mass is 254 g/mol. The van der Waals surface area contributed by atoms with Crippen LogP contribution in [-0.4, -0.2) is 35.7 Å². The Labute approximate surface area is 110 Å². The highest BCUT2D eigenvalue weighted by molar-refractivity contribution is 5.76. The molecule has 2 aliphatic heterocycles. The van der Waals surface area contributed by atoms with Crippen LogP contribution >= 0.6 is 0 Å². The van der Waals surface area contributed by atoms with E-state index < -0.39 is 0 Å². The molecule has 2 aliphatic rings. The number of aliphatic hydroxyl groups excluding tert-OH is 1. The zero-order chi connectivity index (χ0) is 13.0. The van der Waals surface area contributed by atoms with E-state index in [1.165, 1.54) is 12.8 Å². The average molecular weight is 254 g/mol. The van der Waals surface area contributed by atoms with Gasteiger partial charge in [-0.1, -0.05) is 0 Å². The summed E-state index contributed by atoms with van der Waals surface area (Å²) >= 11 is 0. The summed E-state index contributed by atoms with van der Waals surface area (Å²) < 4.78 is 0. The van der Waals surface area contributed by atoms with E-state index in [9.17, 15) is 4.79 Å². The van der Waals surface area contributed by atoms with Gasteiger partial charge in [-0.2, -0.15) is 0 Å². The molecular formula is C14H26N2O2. The predicted octanol–water partition coefficient (Wildman–Crippen LogP) is 1.18. The predicted molar refractivity (Wildman–Crippen MR) is 71.2 cm³/mol. The molecule has 0 aromatic carbocycles. The third kappa shape index (κ3) is 3.95. The van der Waals surface area contributed by atoms with Gasteiger partial charge >= 0.3 is 0 Å². The lowest BCUT2D eigenvalue weighted by molar-refractivity contribution is -0.122. The van der Waals surface area contributed by atoms with Gasteiger partial charge in [0, 0.05) is 31.2 Å². The molecule has 3 atom stereocenters. The van der Waals surface area contributed by atoms with Crippen molar-refractivity contribution in [3.05, 3.63) is 0 Å². The van der Waals surface area contributed by atoms with Gasteiger partial charge in [0.25, 0.3) is 0 Å². The number of nitrogens with one attached hydrogen (secondary N) is 2. The quantitative estimate of drug-likeness (QED) is 0.667. The van der Waals surface area contributed by atoms with E-state index >= 15 is 0 Å². The molecule has 1 amide bonds. The van der Waals surface area contributed by atoms with Gasteiger partial charge in [0.2, 0.25) is 5.91 Å². The van der Waals surface area contributed by atoms with Crippen molar-refractivity contribution in [3.63, 3.8) is 0 Å². The van der Waals surface area contributed by atoms with E-state index in [1.807, 2.05) is 6.92 Å². The highest BCUT2D eigenvalue weighted by atomic mass is 16.3. The summed E-state index contributed by atoms with van der Waals surface area (Å²) in [6.45, 7) is 2.22. The van der Waals surface area contributed by atoms with Crippen LogP contribution in [0.15, 0.2) is 0 Å². The Bertz CT molecular complexity index is 271. The molecule has 2 bridgehead atoms. The Balaban J connectivity index is 1.67. The summed E-state index contributed by atoms with van der Waals surface area (Å²) in [6, 6.07) is 1.50. The number of carbonyl (C=O) groups is 1.